The van der Waals surface area contributed by atoms with E-state index in [9.17, 15) is 16.8 Å². The molecule has 2 N–H and O–H groups in total. The number of anilines is 1. The van der Waals surface area contributed by atoms with Crippen molar-refractivity contribution in [2.45, 2.75) is 30.1 Å². The number of nitrogens with one attached hydrogen (secondary N) is 2. The smallest absolute Gasteiger partial charge is 0.261 e. The maximum absolute atomic E-state index is 12.4. The van der Waals surface area contributed by atoms with Crippen molar-refractivity contribution in [3.63, 3.8) is 0 Å². The van der Waals surface area contributed by atoms with Crippen molar-refractivity contribution in [2.24, 2.45) is 0 Å². The van der Waals surface area contributed by atoms with Crippen molar-refractivity contribution in [1.82, 2.24) is 4.72 Å². The summed E-state index contributed by atoms with van der Waals surface area (Å²) in [5, 5.41) is 0. The lowest BCUT2D eigenvalue weighted by Crippen LogP contribution is -2.20. The number of hydrogen-bond donors (Lipinski definition) is 2. The molecule has 2 aromatic rings. The van der Waals surface area contributed by atoms with Gasteiger partial charge in [-0.15, -0.1) is 0 Å². The van der Waals surface area contributed by atoms with Gasteiger partial charge in [0, 0.05) is 0 Å². The highest BCUT2D eigenvalue weighted by atomic mass is 32.2. The SMILES string of the molecule is CCc1ccc(S(=O)(=O)Nc2ccc(C)c(S(=O)(=O)NC)c2)cc1. The Bertz CT molecular complexity index is 935. The van der Waals surface area contributed by atoms with Crippen LogP contribution in [0.4, 0.5) is 5.69 Å². The molecule has 0 heterocycles. The molecule has 0 aliphatic carbocycles. The molecule has 0 aromatic heterocycles. The van der Waals surface area contributed by atoms with Crippen molar-refractivity contribution in [2.75, 3.05) is 11.8 Å². The van der Waals surface area contributed by atoms with Gasteiger partial charge < -0.3 is 0 Å². The molecule has 0 aliphatic heterocycles. The summed E-state index contributed by atoms with van der Waals surface area (Å²) in [5.74, 6) is 0. The fourth-order valence-electron chi connectivity index (χ4n) is 2.18. The van der Waals surface area contributed by atoms with Crippen LogP contribution < -0.4 is 9.44 Å². The molecule has 2 aromatic carbocycles. The Morgan fingerprint density at radius 3 is 2.08 bits per heavy atom. The van der Waals surface area contributed by atoms with E-state index in [4.69, 9.17) is 0 Å². The monoisotopic (exact) mass is 368 g/mol. The quantitative estimate of drug-likeness (QED) is 0.818. The Labute approximate surface area is 143 Å². The minimum absolute atomic E-state index is 0.0338. The zero-order valence-electron chi connectivity index (χ0n) is 13.7. The normalized spacial score (nSPS) is 12.1. The summed E-state index contributed by atoms with van der Waals surface area (Å²) < 4.78 is 53.5. The number of aryl methyl sites for hydroxylation is 2. The molecule has 6 nitrogen and oxygen atoms in total. The molecule has 0 bridgehead atoms. The standard InChI is InChI=1S/C16H20N2O4S2/c1-4-13-6-9-15(10-7-13)23(19,20)18-14-8-5-12(2)16(11-14)24(21,22)17-3/h5-11,17-18H,4H2,1-3H3. The summed E-state index contributed by atoms with van der Waals surface area (Å²) in [6, 6.07) is 11.0. The second-order valence-electron chi connectivity index (χ2n) is 5.29. The summed E-state index contributed by atoms with van der Waals surface area (Å²) in [4.78, 5) is 0.157. The van der Waals surface area contributed by atoms with Gasteiger partial charge in [0.05, 0.1) is 15.5 Å². The van der Waals surface area contributed by atoms with Crippen LogP contribution >= 0.6 is 0 Å². The molecule has 0 spiro atoms. The van der Waals surface area contributed by atoms with Gasteiger partial charge in [0.1, 0.15) is 0 Å². The van der Waals surface area contributed by atoms with Crippen molar-refractivity contribution < 1.29 is 16.8 Å². The average molecular weight is 368 g/mol. The highest BCUT2D eigenvalue weighted by molar-refractivity contribution is 7.92. The van der Waals surface area contributed by atoms with Gasteiger partial charge in [-0.2, -0.15) is 0 Å². The van der Waals surface area contributed by atoms with Gasteiger partial charge in [0.15, 0.2) is 0 Å². The van der Waals surface area contributed by atoms with Gasteiger partial charge >= 0.3 is 0 Å². The number of sulfonamides is 2. The second-order valence-corrected chi connectivity index (χ2v) is 8.83. The summed E-state index contributed by atoms with van der Waals surface area (Å²) >= 11 is 0. The highest BCUT2D eigenvalue weighted by Gasteiger charge is 2.18. The van der Waals surface area contributed by atoms with E-state index in [0.717, 1.165) is 12.0 Å². The largest absolute Gasteiger partial charge is 0.280 e. The number of benzene rings is 2. The number of hydrogen-bond acceptors (Lipinski definition) is 4. The van der Waals surface area contributed by atoms with Gasteiger partial charge in [-0.1, -0.05) is 25.1 Å². The third-order valence-electron chi connectivity index (χ3n) is 3.64. The molecule has 2 rings (SSSR count). The Hall–Kier alpha value is -1.90. The van der Waals surface area contributed by atoms with Gasteiger partial charge in [-0.25, -0.2) is 21.6 Å². The predicted molar refractivity (Wildman–Crippen MR) is 94.1 cm³/mol. The molecular formula is C16H20N2O4S2. The van der Waals surface area contributed by atoms with Crippen LogP contribution in [0.2, 0.25) is 0 Å². The van der Waals surface area contributed by atoms with E-state index in [2.05, 4.69) is 9.44 Å². The molecule has 0 atom stereocenters. The zero-order valence-corrected chi connectivity index (χ0v) is 15.3. The molecule has 0 unspecified atom stereocenters. The lowest BCUT2D eigenvalue weighted by atomic mass is 10.2. The molecule has 8 heteroatoms. The van der Waals surface area contributed by atoms with Crippen molar-refractivity contribution >= 4 is 25.7 Å². The summed E-state index contributed by atoms with van der Waals surface area (Å²) in [5.41, 5.74) is 1.75. The van der Waals surface area contributed by atoms with E-state index in [-0.39, 0.29) is 15.5 Å². The molecule has 0 saturated carbocycles. The minimum Gasteiger partial charge on any atom is -0.280 e. The van der Waals surface area contributed by atoms with E-state index in [1.807, 2.05) is 6.92 Å². The van der Waals surface area contributed by atoms with Gasteiger partial charge in [-0.05, 0) is 55.8 Å². The van der Waals surface area contributed by atoms with E-state index in [1.165, 1.54) is 31.3 Å². The number of rotatable bonds is 6. The predicted octanol–water partition coefficient (Wildman–Crippen LogP) is 2.27. The van der Waals surface area contributed by atoms with Crippen LogP contribution in [0.5, 0.6) is 0 Å². The first-order chi connectivity index (χ1) is 11.2. The lowest BCUT2D eigenvalue weighted by molar-refractivity contribution is 0.587. The third kappa shape index (κ3) is 3.95. The Balaban J connectivity index is 2.38. The van der Waals surface area contributed by atoms with Crippen LogP contribution in [0.3, 0.4) is 0 Å². The molecular weight excluding hydrogens is 348 g/mol. The second kappa shape index (κ2) is 6.92. The molecule has 0 aliphatic rings. The van der Waals surface area contributed by atoms with E-state index in [1.54, 1.807) is 25.1 Å². The first-order valence-electron chi connectivity index (χ1n) is 7.35. The molecule has 0 fully saturated rings. The topological polar surface area (TPSA) is 92.3 Å². The van der Waals surface area contributed by atoms with Gasteiger partial charge in [-0.3, -0.25) is 4.72 Å². The Morgan fingerprint density at radius 2 is 1.54 bits per heavy atom. The first-order valence-corrected chi connectivity index (χ1v) is 10.3. The summed E-state index contributed by atoms with van der Waals surface area (Å²) in [6.07, 6.45) is 0.816. The van der Waals surface area contributed by atoms with E-state index < -0.39 is 20.0 Å². The lowest BCUT2D eigenvalue weighted by Gasteiger charge is -2.12. The average Bonchev–Trinajstić information content (AvgIpc) is 2.56. The fourth-order valence-corrected chi connectivity index (χ4v) is 4.22. The Kier molecular flexibility index (Phi) is 5.32. The summed E-state index contributed by atoms with van der Waals surface area (Å²) in [6.45, 7) is 3.63. The Morgan fingerprint density at radius 1 is 0.917 bits per heavy atom. The third-order valence-corrected chi connectivity index (χ3v) is 6.59. The van der Waals surface area contributed by atoms with Gasteiger partial charge in [0.2, 0.25) is 10.0 Å². The van der Waals surface area contributed by atoms with Gasteiger partial charge in [0.25, 0.3) is 10.0 Å². The maximum Gasteiger partial charge on any atom is 0.261 e. The van der Waals surface area contributed by atoms with Crippen LogP contribution in [0.15, 0.2) is 52.3 Å². The first kappa shape index (κ1) is 18.4. The molecule has 0 amide bonds. The fraction of sp³-hybridized carbons (Fsp3) is 0.250. The van der Waals surface area contributed by atoms with Crippen LogP contribution in [0, 0.1) is 6.92 Å². The molecule has 130 valence electrons. The van der Waals surface area contributed by atoms with Crippen LogP contribution in [0.1, 0.15) is 18.1 Å². The van der Waals surface area contributed by atoms with Crippen molar-refractivity contribution in [3.05, 3.63) is 53.6 Å². The van der Waals surface area contributed by atoms with Crippen LogP contribution in [0.25, 0.3) is 0 Å². The summed E-state index contributed by atoms with van der Waals surface area (Å²) in [7, 11) is -6.14. The zero-order chi connectivity index (χ0) is 18.0. The van der Waals surface area contributed by atoms with E-state index >= 15 is 0 Å². The maximum atomic E-state index is 12.4. The van der Waals surface area contributed by atoms with Crippen molar-refractivity contribution in [3.8, 4) is 0 Å². The highest BCUT2D eigenvalue weighted by Crippen LogP contribution is 2.22. The molecule has 24 heavy (non-hydrogen) atoms. The minimum atomic E-state index is -3.79. The van der Waals surface area contributed by atoms with Crippen LogP contribution in [-0.4, -0.2) is 23.9 Å². The molecule has 0 radical (unpaired) electrons. The molecule has 0 saturated heterocycles. The van der Waals surface area contributed by atoms with Crippen molar-refractivity contribution in [1.29, 1.82) is 0 Å². The van der Waals surface area contributed by atoms with Crippen LogP contribution in [-0.2, 0) is 26.5 Å². The van der Waals surface area contributed by atoms with E-state index in [0.29, 0.717) is 5.56 Å².